The van der Waals surface area contributed by atoms with E-state index in [0.29, 0.717) is 4.99 Å². The van der Waals surface area contributed by atoms with E-state index in [2.05, 4.69) is 4.98 Å². The first-order valence-corrected chi connectivity index (χ1v) is 2.89. The van der Waals surface area contributed by atoms with E-state index in [1.54, 1.807) is 17.1 Å². The van der Waals surface area contributed by atoms with Crippen LogP contribution in [0.25, 0.3) is 0 Å². The number of hydrogen-bond donors (Lipinski definition) is 1. The molecular formula is C5H7N3S. The van der Waals surface area contributed by atoms with E-state index >= 15 is 0 Å². The molecule has 0 saturated heterocycles. The van der Waals surface area contributed by atoms with Gasteiger partial charge < -0.3 is 10.3 Å². The summed E-state index contributed by atoms with van der Waals surface area (Å²) in [6.07, 6.45) is 3.30. The zero-order valence-corrected chi connectivity index (χ0v) is 5.85. The van der Waals surface area contributed by atoms with Gasteiger partial charge in [-0.25, -0.2) is 4.98 Å². The van der Waals surface area contributed by atoms with E-state index in [9.17, 15) is 0 Å². The standard InChI is InChI=1S/C5H7N3S/c1-8-3-7-2-4(8)5(6)9/h2-3H,1H3,(H2,6,9). The summed E-state index contributed by atoms with van der Waals surface area (Å²) >= 11 is 4.72. The second-order valence-electron chi connectivity index (χ2n) is 1.75. The van der Waals surface area contributed by atoms with Gasteiger partial charge in [-0.05, 0) is 0 Å². The topological polar surface area (TPSA) is 43.8 Å². The summed E-state index contributed by atoms with van der Waals surface area (Å²) in [5.74, 6) is 0. The third kappa shape index (κ3) is 1.08. The van der Waals surface area contributed by atoms with Crippen LogP contribution in [-0.4, -0.2) is 14.5 Å². The van der Waals surface area contributed by atoms with Crippen LogP contribution in [0.3, 0.4) is 0 Å². The molecule has 0 aliphatic heterocycles. The van der Waals surface area contributed by atoms with Crippen molar-refractivity contribution >= 4 is 17.2 Å². The number of nitrogens with zero attached hydrogens (tertiary/aromatic N) is 2. The highest BCUT2D eigenvalue weighted by Crippen LogP contribution is 1.93. The molecular weight excluding hydrogens is 134 g/mol. The zero-order chi connectivity index (χ0) is 6.85. The minimum absolute atomic E-state index is 0.384. The van der Waals surface area contributed by atoms with E-state index in [-0.39, 0.29) is 0 Å². The summed E-state index contributed by atoms with van der Waals surface area (Å²) in [5, 5.41) is 0. The number of rotatable bonds is 1. The van der Waals surface area contributed by atoms with Gasteiger partial charge >= 0.3 is 0 Å². The molecule has 1 rings (SSSR count). The van der Waals surface area contributed by atoms with Crippen LogP contribution >= 0.6 is 12.2 Å². The fourth-order valence-corrected chi connectivity index (χ4v) is 0.791. The summed E-state index contributed by atoms with van der Waals surface area (Å²) in [5.41, 5.74) is 6.13. The Morgan fingerprint density at radius 2 is 2.56 bits per heavy atom. The maximum Gasteiger partial charge on any atom is 0.122 e. The first-order valence-electron chi connectivity index (χ1n) is 2.48. The Bertz CT molecular complexity index is 228. The number of aromatic nitrogens is 2. The predicted molar refractivity (Wildman–Crippen MR) is 39.1 cm³/mol. The van der Waals surface area contributed by atoms with E-state index in [4.69, 9.17) is 18.0 Å². The average Bonchev–Trinajstić information content (AvgIpc) is 2.13. The Hall–Kier alpha value is -0.900. The largest absolute Gasteiger partial charge is 0.388 e. The van der Waals surface area contributed by atoms with Crippen LogP contribution in [-0.2, 0) is 7.05 Å². The molecule has 1 heterocycles. The lowest BCUT2D eigenvalue weighted by Crippen LogP contribution is -2.13. The molecule has 0 atom stereocenters. The van der Waals surface area contributed by atoms with Crippen molar-refractivity contribution in [3.05, 3.63) is 18.2 Å². The molecule has 0 aliphatic rings. The fourth-order valence-electron chi connectivity index (χ4n) is 0.595. The monoisotopic (exact) mass is 141 g/mol. The first kappa shape index (κ1) is 6.22. The Balaban J connectivity index is 3.08. The molecule has 0 fully saturated rings. The summed E-state index contributed by atoms with van der Waals surface area (Å²) in [7, 11) is 1.85. The van der Waals surface area contributed by atoms with E-state index < -0.39 is 0 Å². The van der Waals surface area contributed by atoms with Crippen LogP contribution < -0.4 is 5.73 Å². The first-order chi connectivity index (χ1) is 4.22. The SMILES string of the molecule is Cn1cncc1C(N)=S. The van der Waals surface area contributed by atoms with Crippen molar-refractivity contribution in [2.24, 2.45) is 12.8 Å². The van der Waals surface area contributed by atoms with Gasteiger partial charge in [0.2, 0.25) is 0 Å². The fraction of sp³-hybridized carbons (Fsp3) is 0.200. The molecule has 9 heavy (non-hydrogen) atoms. The molecule has 0 spiro atoms. The lowest BCUT2D eigenvalue weighted by atomic mass is 10.5. The van der Waals surface area contributed by atoms with Crippen LogP contribution in [0.4, 0.5) is 0 Å². The van der Waals surface area contributed by atoms with E-state index in [1.165, 1.54) is 0 Å². The van der Waals surface area contributed by atoms with Gasteiger partial charge in [0.05, 0.1) is 18.2 Å². The minimum atomic E-state index is 0.384. The number of thiocarbonyl (C=S) groups is 1. The van der Waals surface area contributed by atoms with Crippen molar-refractivity contribution in [2.75, 3.05) is 0 Å². The molecule has 0 aliphatic carbocycles. The summed E-state index contributed by atoms with van der Waals surface area (Å²) < 4.78 is 1.78. The Labute approximate surface area is 58.5 Å². The van der Waals surface area contributed by atoms with Gasteiger partial charge in [0, 0.05) is 7.05 Å². The minimum Gasteiger partial charge on any atom is -0.388 e. The third-order valence-corrected chi connectivity index (χ3v) is 1.28. The molecule has 4 heteroatoms. The molecule has 0 aromatic carbocycles. The Kier molecular flexibility index (Phi) is 1.48. The summed E-state index contributed by atoms with van der Waals surface area (Å²) in [4.78, 5) is 4.22. The van der Waals surface area contributed by atoms with Gasteiger partial charge in [-0.2, -0.15) is 0 Å². The van der Waals surface area contributed by atoms with Gasteiger partial charge in [-0.15, -0.1) is 0 Å². The van der Waals surface area contributed by atoms with Crippen molar-refractivity contribution in [3.8, 4) is 0 Å². The second kappa shape index (κ2) is 2.14. The highest BCUT2D eigenvalue weighted by molar-refractivity contribution is 7.80. The van der Waals surface area contributed by atoms with Crippen LogP contribution in [0.2, 0.25) is 0 Å². The molecule has 0 unspecified atom stereocenters. The number of hydrogen-bond acceptors (Lipinski definition) is 2. The van der Waals surface area contributed by atoms with Gasteiger partial charge in [0.25, 0.3) is 0 Å². The van der Waals surface area contributed by atoms with Crippen LogP contribution in [0.5, 0.6) is 0 Å². The van der Waals surface area contributed by atoms with Crippen molar-refractivity contribution < 1.29 is 0 Å². The maximum atomic E-state index is 5.33. The lowest BCUT2D eigenvalue weighted by Gasteiger charge is -1.95. The number of aryl methyl sites for hydroxylation is 1. The van der Waals surface area contributed by atoms with Crippen LogP contribution in [0.15, 0.2) is 12.5 Å². The van der Waals surface area contributed by atoms with Gasteiger partial charge in [-0.1, -0.05) is 12.2 Å². The van der Waals surface area contributed by atoms with Gasteiger partial charge in [0.1, 0.15) is 4.99 Å². The third-order valence-electron chi connectivity index (χ3n) is 1.07. The molecule has 3 nitrogen and oxygen atoms in total. The van der Waals surface area contributed by atoms with Crippen LogP contribution in [0, 0.1) is 0 Å². The van der Waals surface area contributed by atoms with Crippen LogP contribution in [0.1, 0.15) is 5.69 Å². The quantitative estimate of drug-likeness (QED) is 0.562. The number of nitrogens with two attached hydrogens (primary N) is 1. The zero-order valence-electron chi connectivity index (χ0n) is 5.03. The average molecular weight is 141 g/mol. The Morgan fingerprint density at radius 3 is 2.78 bits per heavy atom. The molecule has 2 N–H and O–H groups in total. The molecule has 0 amide bonds. The van der Waals surface area contributed by atoms with E-state index in [0.717, 1.165) is 5.69 Å². The van der Waals surface area contributed by atoms with Crippen molar-refractivity contribution in [2.45, 2.75) is 0 Å². The van der Waals surface area contributed by atoms with Gasteiger partial charge in [-0.3, -0.25) is 0 Å². The van der Waals surface area contributed by atoms with Gasteiger partial charge in [0.15, 0.2) is 0 Å². The van der Waals surface area contributed by atoms with Crippen molar-refractivity contribution in [1.29, 1.82) is 0 Å². The maximum absolute atomic E-state index is 5.33. The smallest absolute Gasteiger partial charge is 0.122 e. The summed E-state index contributed by atoms with van der Waals surface area (Å²) in [6.45, 7) is 0. The number of imidazole rings is 1. The highest BCUT2D eigenvalue weighted by Gasteiger charge is 1.97. The normalized spacial score (nSPS) is 9.44. The second-order valence-corrected chi connectivity index (χ2v) is 2.19. The summed E-state index contributed by atoms with van der Waals surface area (Å²) in [6, 6.07) is 0. The molecule has 0 radical (unpaired) electrons. The van der Waals surface area contributed by atoms with Crippen molar-refractivity contribution in [1.82, 2.24) is 9.55 Å². The molecule has 0 saturated carbocycles. The molecule has 1 aromatic heterocycles. The van der Waals surface area contributed by atoms with Crippen molar-refractivity contribution in [3.63, 3.8) is 0 Å². The molecule has 1 aromatic rings. The van der Waals surface area contributed by atoms with E-state index in [1.807, 2.05) is 7.05 Å². The lowest BCUT2D eigenvalue weighted by molar-refractivity contribution is 0.903. The highest BCUT2D eigenvalue weighted by atomic mass is 32.1. The molecule has 0 bridgehead atoms. The molecule has 48 valence electrons. The Morgan fingerprint density at radius 1 is 1.89 bits per heavy atom. The predicted octanol–water partition coefficient (Wildman–Crippen LogP) is 0.0543.